The highest BCUT2D eigenvalue weighted by atomic mass is 32.1. The van der Waals surface area contributed by atoms with Gasteiger partial charge in [0.1, 0.15) is 10.7 Å². The maximum absolute atomic E-state index is 12.7. The van der Waals surface area contributed by atoms with Crippen molar-refractivity contribution in [3.63, 3.8) is 0 Å². The molecule has 0 aliphatic rings. The second-order valence-electron chi connectivity index (χ2n) is 3.24. The highest BCUT2D eigenvalue weighted by Gasteiger charge is 2.16. The molecule has 0 N–H and O–H groups in total. The van der Waals surface area contributed by atoms with E-state index in [0.29, 0.717) is 22.6 Å². The lowest BCUT2D eigenvalue weighted by Gasteiger charge is -1.98. The van der Waals surface area contributed by atoms with E-state index in [1.165, 1.54) is 24.3 Å². The maximum Gasteiger partial charge on any atom is 0.206 e. The highest BCUT2D eigenvalue weighted by Crippen LogP contribution is 2.17. The molecule has 0 amide bonds. The van der Waals surface area contributed by atoms with E-state index >= 15 is 0 Å². The number of carbonyl (C=O) groups excluding carboxylic acids is 1. The minimum atomic E-state index is -0.352. The monoisotopic (exact) mass is 236 g/mol. The van der Waals surface area contributed by atoms with Crippen LogP contribution in [0.2, 0.25) is 0 Å². The van der Waals surface area contributed by atoms with Crippen molar-refractivity contribution in [2.75, 3.05) is 0 Å². The number of aryl methyl sites for hydroxylation is 1. The van der Waals surface area contributed by atoms with Crippen molar-refractivity contribution in [2.24, 2.45) is 0 Å². The van der Waals surface area contributed by atoms with Crippen molar-refractivity contribution in [1.29, 1.82) is 0 Å². The van der Waals surface area contributed by atoms with Gasteiger partial charge in [-0.15, -0.1) is 5.10 Å². The zero-order chi connectivity index (χ0) is 11.5. The predicted octanol–water partition coefficient (Wildman–Crippen LogP) is 2.47. The molecular formula is C11H9FN2OS. The summed E-state index contributed by atoms with van der Waals surface area (Å²) in [4.78, 5) is 12.5. The third-order valence-electron chi connectivity index (χ3n) is 2.20. The Hall–Kier alpha value is -1.62. The maximum atomic E-state index is 12.7. The summed E-state index contributed by atoms with van der Waals surface area (Å²) >= 11 is 1.08. The molecule has 0 saturated heterocycles. The Balaban J connectivity index is 2.35. The number of benzene rings is 1. The molecule has 82 valence electrons. The van der Waals surface area contributed by atoms with E-state index in [4.69, 9.17) is 0 Å². The van der Waals surface area contributed by atoms with Gasteiger partial charge in [0.05, 0.1) is 5.69 Å². The van der Waals surface area contributed by atoms with Gasteiger partial charge in [-0.3, -0.25) is 4.79 Å². The fraction of sp³-hybridized carbons (Fsp3) is 0.182. The number of ketones is 1. The SMILES string of the molecule is CCc1nnsc1C(=O)c1ccc(F)cc1. The molecule has 0 saturated carbocycles. The Morgan fingerprint density at radius 3 is 2.69 bits per heavy atom. The fourth-order valence-electron chi connectivity index (χ4n) is 1.34. The average Bonchev–Trinajstić information content (AvgIpc) is 2.77. The molecule has 0 aliphatic heterocycles. The van der Waals surface area contributed by atoms with Gasteiger partial charge < -0.3 is 0 Å². The Labute approximate surface area is 96.1 Å². The van der Waals surface area contributed by atoms with E-state index in [0.717, 1.165) is 11.5 Å². The largest absolute Gasteiger partial charge is 0.288 e. The molecule has 5 heteroatoms. The molecule has 1 aromatic heterocycles. The van der Waals surface area contributed by atoms with Crippen LogP contribution in [-0.4, -0.2) is 15.4 Å². The molecule has 3 nitrogen and oxygen atoms in total. The van der Waals surface area contributed by atoms with Crippen molar-refractivity contribution in [3.05, 3.63) is 46.2 Å². The number of hydrogen-bond acceptors (Lipinski definition) is 4. The lowest BCUT2D eigenvalue weighted by atomic mass is 10.1. The Kier molecular flexibility index (Phi) is 3.05. The van der Waals surface area contributed by atoms with Crippen LogP contribution >= 0.6 is 11.5 Å². The Morgan fingerprint density at radius 1 is 1.38 bits per heavy atom. The van der Waals surface area contributed by atoms with Gasteiger partial charge in [-0.2, -0.15) is 0 Å². The molecule has 2 aromatic rings. The van der Waals surface area contributed by atoms with Crippen molar-refractivity contribution in [1.82, 2.24) is 9.59 Å². The summed E-state index contributed by atoms with van der Waals surface area (Å²) in [5.41, 5.74) is 1.15. The zero-order valence-corrected chi connectivity index (χ0v) is 9.42. The van der Waals surface area contributed by atoms with E-state index in [1.54, 1.807) is 0 Å². The number of rotatable bonds is 3. The van der Waals surface area contributed by atoms with E-state index in [1.807, 2.05) is 6.92 Å². The normalized spacial score (nSPS) is 10.4. The van der Waals surface area contributed by atoms with Crippen LogP contribution < -0.4 is 0 Å². The van der Waals surface area contributed by atoms with Gasteiger partial charge in [0.25, 0.3) is 0 Å². The lowest BCUT2D eigenvalue weighted by Crippen LogP contribution is -2.02. The van der Waals surface area contributed by atoms with Gasteiger partial charge in [0.2, 0.25) is 5.78 Å². The summed E-state index contributed by atoms with van der Waals surface area (Å²) in [6.45, 7) is 1.91. The summed E-state index contributed by atoms with van der Waals surface area (Å²) in [7, 11) is 0. The number of nitrogens with zero attached hydrogens (tertiary/aromatic N) is 2. The van der Waals surface area contributed by atoms with Crippen LogP contribution in [0, 0.1) is 5.82 Å². The third-order valence-corrected chi connectivity index (χ3v) is 2.97. The summed E-state index contributed by atoms with van der Waals surface area (Å²) in [5.74, 6) is -0.499. The quantitative estimate of drug-likeness (QED) is 0.769. The highest BCUT2D eigenvalue weighted by molar-refractivity contribution is 7.08. The van der Waals surface area contributed by atoms with Gasteiger partial charge >= 0.3 is 0 Å². The van der Waals surface area contributed by atoms with Crippen LogP contribution in [0.1, 0.15) is 27.9 Å². The molecular weight excluding hydrogens is 227 g/mol. The second-order valence-corrected chi connectivity index (χ2v) is 3.99. The first-order valence-electron chi connectivity index (χ1n) is 4.84. The predicted molar refractivity (Wildman–Crippen MR) is 59.1 cm³/mol. The smallest absolute Gasteiger partial charge is 0.206 e. The zero-order valence-electron chi connectivity index (χ0n) is 8.61. The van der Waals surface area contributed by atoms with Crippen molar-refractivity contribution < 1.29 is 9.18 Å². The molecule has 1 aromatic carbocycles. The molecule has 2 rings (SSSR count). The average molecular weight is 236 g/mol. The first-order chi connectivity index (χ1) is 7.72. The standard InChI is InChI=1S/C11H9FN2OS/c1-2-9-11(16-14-13-9)10(15)7-3-5-8(12)6-4-7/h3-6H,2H2,1H3. The summed E-state index contributed by atoms with van der Waals surface area (Å²) < 4.78 is 16.5. The molecule has 16 heavy (non-hydrogen) atoms. The van der Waals surface area contributed by atoms with E-state index in [-0.39, 0.29) is 11.6 Å². The Bertz CT molecular complexity index is 507. The molecule has 0 bridgehead atoms. The fourth-order valence-corrected chi connectivity index (χ4v) is 2.06. The lowest BCUT2D eigenvalue weighted by molar-refractivity contribution is 0.104. The van der Waals surface area contributed by atoms with Crippen molar-refractivity contribution >= 4 is 17.3 Å². The van der Waals surface area contributed by atoms with Crippen LogP contribution in [0.4, 0.5) is 4.39 Å². The van der Waals surface area contributed by atoms with E-state index < -0.39 is 0 Å². The Morgan fingerprint density at radius 2 is 2.06 bits per heavy atom. The molecule has 0 aliphatic carbocycles. The molecule has 0 radical (unpaired) electrons. The van der Waals surface area contributed by atoms with Crippen LogP contribution in [0.5, 0.6) is 0 Å². The second kappa shape index (κ2) is 4.49. The summed E-state index contributed by atoms with van der Waals surface area (Å²) in [5, 5.41) is 3.87. The third kappa shape index (κ3) is 1.99. The molecule has 0 unspecified atom stereocenters. The van der Waals surface area contributed by atoms with Gasteiger partial charge in [-0.1, -0.05) is 11.4 Å². The van der Waals surface area contributed by atoms with Gasteiger partial charge in [-0.25, -0.2) is 4.39 Å². The topological polar surface area (TPSA) is 42.9 Å². The van der Waals surface area contributed by atoms with Crippen LogP contribution in [0.25, 0.3) is 0 Å². The molecule has 1 heterocycles. The first kappa shape index (κ1) is 10.9. The van der Waals surface area contributed by atoms with E-state index in [9.17, 15) is 9.18 Å². The molecule has 0 spiro atoms. The van der Waals surface area contributed by atoms with Crippen molar-refractivity contribution in [2.45, 2.75) is 13.3 Å². The van der Waals surface area contributed by atoms with Crippen LogP contribution in [0.15, 0.2) is 24.3 Å². The molecule has 0 atom stereocenters. The molecule has 0 fully saturated rings. The van der Waals surface area contributed by atoms with Gasteiger partial charge in [0, 0.05) is 5.56 Å². The number of hydrogen-bond donors (Lipinski definition) is 0. The first-order valence-corrected chi connectivity index (χ1v) is 5.61. The summed E-state index contributed by atoms with van der Waals surface area (Å²) in [6, 6.07) is 5.48. The number of halogens is 1. The van der Waals surface area contributed by atoms with Crippen LogP contribution in [0.3, 0.4) is 0 Å². The number of carbonyl (C=O) groups is 1. The van der Waals surface area contributed by atoms with Gasteiger partial charge in [0.15, 0.2) is 0 Å². The van der Waals surface area contributed by atoms with E-state index in [2.05, 4.69) is 9.59 Å². The van der Waals surface area contributed by atoms with Crippen molar-refractivity contribution in [3.8, 4) is 0 Å². The van der Waals surface area contributed by atoms with Crippen LogP contribution in [-0.2, 0) is 6.42 Å². The number of aromatic nitrogens is 2. The summed E-state index contributed by atoms with van der Waals surface area (Å²) in [6.07, 6.45) is 0.665. The minimum Gasteiger partial charge on any atom is -0.288 e. The minimum absolute atomic E-state index is 0.146. The van der Waals surface area contributed by atoms with Gasteiger partial charge in [-0.05, 0) is 42.2 Å².